The van der Waals surface area contributed by atoms with E-state index in [2.05, 4.69) is 20.7 Å². The van der Waals surface area contributed by atoms with Gasteiger partial charge in [0.1, 0.15) is 5.75 Å². The fourth-order valence-electron chi connectivity index (χ4n) is 3.15. The van der Waals surface area contributed by atoms with Crippen LogP contribution in [-0.4, -0.2) is 37.2 Å². The Morgan fingerprint density at radius 2 is 1.67 bits per heavy atom. The smallest absolute Gasteiger partial charge is 0.340 e. The topological polar surface area (TPSA) is 93.1 Å². The van der Waals surface area contributed by atoms with Gasteiger partial charge in [0.25, 0.3) is 5.91 Å². The van der Waals surface area contributed by atoms with Crippen molar-refractivity contribution in [1.82, 2.24) is 0 Å². The average molecular weight is 472 g/mol. The maximum atomic E-state index is 13.2. The Bertz CT molecular complexity index is 1100. The first-order valence-corrected chi connectivity index (χ1v) is 9.60. The molecular weight excluding hydrogens is 454 g/mol. The quantitative estimate of drug-likeness (QED) is 0.538. The zero-order valence-corrected chi connectivity index (χ0v) is 18.0. The Balaban J connectivity index is 2.11. The first-order valence-electron chi connectivity index (χ1n) is 8.81. The molecule has 2 aromatic carbocycles. The number of amides is 1. The predicted molar refractivity (Wildman–Crippen MR) is 114 cm³/mol. The maximum absolute atomic E-state index is 13.2. The van der Waals surface area contributed by atoms with Gasteiger partial charge in [0.15, 0.2) is 0 Å². The lowest BCUT2D eigenvalue weighted by Crippen LogP contribution is -2.24. The molecule has 0 spiro atoms. The van der Waals surface area contributed by atoms with Gasteiger partial charge < -0.3 is 14.6 Å². The van der Waals surface area contributed by atoms with Crippen LogP contribution < -0.4 is 4.90 Å². The predicted octanol–water partition coefficient (Wildman–Crippen LogP) is 3.82. The van der Waals surface area contributed by atoms with Gasteiger partial charge in [-0.1, -0.05) is 15.9 Å². The number of hydrogen-bond acceptors (Lipinski definition) is 6. The number of nitrogens with zero attached hydrogens (tertiary/aromatic N) is 1. The van der Waals surface area contributed by atoms with Crippen molar-refractivity contribution in [3.63, 3.8) is 0 Å². The van der Waals surface area contributed by atoms with Gasteiger partial charge >= 0.3 is 11.9 Å². The number of anilines is 1. The molecular formula is C22H18BrNO6. The van der Waals surface area contributed by atoms with Gasteiger partial charge in [0.05, 0.1) is 30.9 Å². The summed E-state index contributed by atoms with van der Waals surface area (Å²) in [7, 11) is 2.51. The SMILES string of the molecule is COC(=O)C1=C(C)N(c2ccc(C(=O)OC)cc2)C(=O)/C1=C\c1cc(Br)ccc1O. The highest BCUT2D eigenvalue weighted by Crippen LogP contribution is 2.36. The molecule has 0 atom stereocenters. The van der Waals surface area contributed by atoms with E-state index in [1.54, 1.807) is 31.2 Å². The van der Waals surface area contributed by atoms with Crippen LogP contribution in [0.15, 0.2) is 63.8 Å². The summed E-state index contributed by atoms with van der Waals surface area (Å²) < 4.78 is 10.3. The summed E-state index contributed by atoms with van der Waals surface area (Å²) >= 11 is 3.33. The van der Waals surface area contributed by atoms with Crippen LogP contribution in [-0.2, 0) is 19.1 Å². The van der Waals surface area contributed by atoms with Crippen LogP contribution in [0.25, 0.3) is 6.08 Å². The van der Waals surface area contributed by atoms with Gasteiger partial charge in [0.2, 0.25) is 0 Å². The van der Waals surface area contributed by atoms with Crippen LogP contribution in [0, 0.1) is 0 Å². The lowest BCUT2D eigenvalue weighted by molar-refractivity contribution is -0.136. The second-order valence-corrected chi connectivity index (χ2v) is 7.31. The van der Waals surface area contributed by atoms with Crippen molar-refractivity contribution in [3.8, 4) is 5.75 Å². The minimum atomic E-state index is -0.671. The molecule has 1 heterocycles. The first-order chi connectivity index (χ1) is 14.3. The third-order valence-electron chi connectivity index (χ3n) is 4.63. The van der Waals surface area contributed by atoms with Crippen LogP contribution in [0.1, 0.15) is 22.8 Å². The molecule has 3 rings (SSSR count). The molecule has 0 bridgehead atoms. The fourth-order valence-corrected chi connectivity index (χ4v) is 3.53. The lowest BCUT2D eigenvalue weighted by Gasteiger charge is -2.18. The van der Waals surface area contributed by atoms with E-state index in [-0.39, 0.29) is 16.9 Å². The highest BCUT2D eigenvalue weighted by atomic mass is 79.9. The van der Waals surface area contributed by atoms with Crippen molar-refractivity contribution in [2.24, 2.45) is 0 Å². The second-order valence-electron chi connectivity index (χ2n) is 6.39. The largest absolute Gasteiger partial charge is 0.507 e. The second kappa shape index (κ2) is 8.54. The molecule has 7 nitrogen and oxygen atoms in total. The number of benzene rings is 2. The number of aromatic hydroxyl groups is 1. The summed E-state index contributed by atoms with van der Waals surface area (Å²) in [6.07, 6.45) is 1.45. The number of halogens is 1. The highest BCUT2D eigenvalue weighted by molar-refractivity contribution is 9.10. The van der Waals surface area contributed by atoms with Gasteiger partial charge in [-0.25, -0.2) is 9.59 Å². The van der Waals surface area contributed by atoms with E-state index in [9.17, 15) is 19.5 Å². The van der Waals surface area contributed by atoms with E-state index in [0.717, 1.165) is 0 Å². The third-order valence-corrected chi connectivity index (χ3v) is 5.12. The summed E-state index contributed by atoms with van der Waals surface area (Å²) in [5.41, 5.74) is 1.72. The van der Waals surface area contributed by atoms with Gasteiger partial charge in [-0.3, -0.25) is 9.69 Å². The molecule has 0 radical (unpaired) electrons. The monoisotopic (exact) mass is 471 g/mol. The summed E-state index contributed by atoms with van der Waals surface area (Å²) in [6.45, 7) is 1.62. The standard InChI is InChI=1S/C22H18BrNO6/c1-12-19(22(28)30-3)17(11-14-10-15(23)6-9-18(14)25)20(26)24(12)16-7-4-13(5-8-16)21(27)29-2/h4-11,25H,1-3H3/b17-11-. The molecule has 0 saturated heterocycles. The van der Waals surface area contributed by atoms with Crippen molar-refractivity contribution < 1.29 is 29.0 Å². The third kappa shape index (κ3) is 3.86. The van der Waals surface area contributed by atoms with E-state index < -0.39 is 17.8 Å². The normalized spacial score (nSPS) is 15.0. The van der Waals surface area contributed by atoms with Crippen molar-refractivity contribution in [2.45, 2.75) is 6.92 Å². The van der Waals surface area contributed by atoms with Crippen molar-refractivity contribution in [1.29, 1.82) is 0 Å². The van der Waals surface area contributed by atoms with Crippen LogP contribution in [0.3, 0.4) is 0 Å². The van der Waals surface area contributed by atoms with Gasteiger partial charge in [0, 0.05) is 21.4 Å². The number of allylic oxidation sites excluding steroid dienone is 1. The van der Waals surface area contributed by atoms with Crippen molar-refractivity contribution in [3.05, 3.63) is 74.9 Å². The van der Waals surface area contributed by atoms with E-state index >= 15 is 0 Å². The minimum absolute atomic E-state index is 0.0405. The van der Waals surface area contributed by atoms with Crippen LogP contribution in [0.4, 0.5) is 5.69 Å². The summed E-state index contributed by atoms with van der Waals surface area (Å²) in [4.78, 5) is 38.7. The Labute approximate surface area is 181 Å². The molecule has 0 saturated carbocycles. The van der Waals surface area contributed by atoms with Crippen molar-refractivity contribution >= 4 is 45.5 Å². The van der Waals surface area contributed by atoms with Gasteiger partial charge in [-0.05, 0) is 55.5 Å². The number of esters is 2. The van der Waals surface area contributed by atoms with Crippen molar-refractivity contribution in [2.75, 3.05) is 19.1 Å². The number of methoxy groups -OCH3 is 2. The molecule has 0 unspecified atom stereocenters. The van der Waals surface area contributed by atoms with E-state index in [1.807, 2.05) is 0 Å². The van der Waals surface area contributed by atoms with E-state index in [4.69, 9.17) is 4.74 Å². The zero-order chi connectivity index (χ0) is 22.0. The van der Waals surface area contributed by atoms with E-state index in [1.165, 1.54) is 43.4 Å². The summed E-state index contributed by atoms with van der Waals surface area (Å²) in [5, 5.41) is 10.2. The Hall–Kier alpha value is -3.39. The molecule has 0 aliphatic carbocycles. The molecule has 1 N–H and O–H groups in total. The average Bonchev–Trinajstić information content (AvgIpc) is 2.99. The van der Waals surface area contributed by atoms with Gasteiger partial charge in [-0.15, -0.1) is 0 Å². The van der Waals surface area contributed by atoms with Gasteiger partial charge in [-0.2, -0.15) is 0 Å². The maximum Gasteiger partial charge on any atom is 0.340 e. The Kier molecular flexibility index (Phi) is 6.07. The summed E-state index contributed by atoms with van der Waals surface area (Å²) in [5.74, 6) is -1.67. The molecule has 1 aliphatic heterocycles. The number of carbonyl (C=O) groups is 3. The van der Waals surface area contributed by atoms with E-state index in [0.29, 0.717) is 27.0 Å². The fraction of sp³-hybridized carbons (Fsp3) is 0.136. The zero-order valence-electron chi connectivity index (χ0n) is 16.4. The molecule has 154 valence electrons. The van der Waals surface area contributed by atoms with Crippen LogP contribution in [0.5, 0.6) is 5.75 Å². The lowest BCUT2D eigenvalue weighted by atomic mass is 10.0. The summed E-state index contributed by atoms with van der Waals surface area (Å²) in [6, 6.07) is 11.0. The molecule has 2 aromatic rings. The van der Waals surface area contributed by atoms with Crippen LogP contribution in [0.2, 0.25) is 0 Å². The number of carbonyl (C=O) groups excluding carboxylic acids is 3. The van der Waals surface area contributed by atoms with Crippen LogP contribution >= 0.6 is 15.9 Å². The molecule has 8 heteroatoms. The first kappa shape index (κ1) is 21.3. The minimum Gasteiger partial charge on any atom is -0.507 e. The Morgan fingerprint density at radius 3 is 2.27 bits per heavy atom. The number of rotatable bonds is 4. The number of ether oxygens (including phenoxy) is 2. The Morgan fingerprint density at radius 1 is 1.03 bits per heavy atom. The molecule has 0 fully saturated rings. The molecule has 1 aliphatic rings. The number of phenolic OH excluding ortho intramolecular Hbond substituents is 1. The molecule has 1 amide bonds. The number of hydrogen-bond donors (Lipinski definition) is 1. The number of phenols is 1. The molecule has 0 aromatic heterocycles. The molecule has 30 heavy (non-hydrogen) atoms. The highest BCUT2D eigenvalue weighted by Gasteiger charge is 2.38.